The van der Waals surface area contributed by atoms with Gasteiger partial charge in [-0.3, -0.25) is 4.99 Å². The third-order valence-electron chi connectivity index (χ3n) is 2.76. The molecule has 8 heteroatoms. The van der Waals surface area contributed by atoms with E-state index in [1.165, 1.54) is 0 Å². The SMILES string of the molecule is CN=C(NCCCOC)NCc1coc(-c2cccs2)n1.I. The summed E-state index contributed by atoms with van der Waals surface area (Å²) in [6.07, 6.45) is 2.60. The van der Waals surface area contributed by atoms with Gasteiger partial charge in [0.15, 0.2) is 5.96 Å². The minimum atomic E-state index is 0. The molecule has 0 aromatic carbocycles. The lowest BCUT2D eigenvalue weighted by molar-refractivity contribution is 0.195. The molecule has 0 unspecified atom stereocenters. The molecule has 2 N–H and O–H groups in total. The van der Waals surface area contributed by atoms with Gasteiger partial charge in [0.1, 0.15) is 6.26 Å². The zero-order chi connectivity index (χ0) is 14.9. The molecule has 0 saturated carbocycles. The molecule has 0 radical (unpaired) electrons. The molecule has 2 heterocycles. The van der Waals surface area contributed by atoms with Crippen molar-refractivity contribution in [2.45, 2.75) is 13.0 Å². The number of guanidine groups is 1. The van der Waals surface area contributed by atoms with E-state index in [9.17, 15) is 0 Å². The summed E-state index contributed by atoms with van der Waals surface area (Å²) in [6.45, 7) is 2.11. The molecule has 0 aliphatic rings. The number of nitrogens with one attached hydrogen (secondary N) is 2. The second-order valence-electron chi connectivity index (χ2n) is 4.32. The quantitative estimate of drug-likeness (QED) is 0.302. The van der Waals surface area contributed by atoms with Crippen LogP contribution in [0.1, 0.15) is 12.1 Å². The minimum Gasteiger partial charge on any atom is -0.443 e. The van der Waals surface area contributed by atoms with Crippen molar-refractivity contribution >= 4 is 41.3 Å². The van der Waals surface area contributed by atoms with Crippen LogP contribution in [-0.4, -0.2) is 38.3 Å². The van der Waals surface area contributed by atoms with Gasteiger partial charge in [-0.15, -0.1) is 35.3 Å². The number of hydrogen-bond acceptors (Lipinski definition) is 5. The number of rotatable bonds is 7. The Balaban J connectivity index is 0.00000242. The molecule has 0 bridgehead atoms. The van der Waals surface area contributed by atoms with Gasteiger partial charge in [-0.05, 0) is 17.9 Å². The van der Waals surface area contributed by atoms with E-state index in [0.717, 1.165) is 36.1 Å². The van der Waals surface area contributed by atoms with Crippen LogP contribution in [0.5, 0.6) is 0 Å². The number of thiophene rings is 1. The van der Waals surface area contributed by atoms with Crippen LogP contribution in [0.4, 0.5) is 0 Å². The molecule has 0 spiro atoms. The lowest BCUT2D eigenvalue weighted by atomic mass is 10.4. The van der Waals surface area contributed by atoms with Crippen LogP contribution >= 0.6 is 35.3 Å². The van der Waals surface area contributed by atoms with Crippen molar-refractivity contribution in [1.29, 1.82) is 0 Å². The summed E-state index contributed by atoms with van der Waals surface area (Å²) in [5, 5.41) is 8.41. The van der Waals surface area contributed by atoms with Crippen molar-refractivity contribution in [2.75, 3.05) is 27.3 Å². The summed E-state index contributed by atoms with van der Waals surface area (Å²) in [5.74, 6) is 1.40. The molecule has 0 aliphatic heterocycles. The number of aromatic nitrogens is 1. The average molecular weight is 436 g/mol. The van der Waals surface area contributed by atoms with E-state index >= 15 is 0 Å². The monoisotopic (exact) mass is 436 g/mol. The lowest BCUT2D eigenvalue weighted by Crippen LogP contribution is -2.37. The predicted molar refractivity (Wildman–Crippen MR) is 99.9 cm³/mol. The highest BCUT2D eigenvalue weighted by atomic mass is 127. The molecule has 0 aliphatic carbocycles. The molecule has 6 nitrogen and oxygen atoms in total. The van der Waals surface area contributed by atoms with Crippen LogP contribution in [0.2, 0.25) is 0 Å². The highest BCUT2D eigenvalue weighted by Gasteiger charge is 2.07. The van der Waals surface area contributed by atoms with Gasteiger partial charge >= 0.3 is 0 Å². The first-order valence-corrected chi connectivity index (χ1v) is 7.63. The number of hydrogen-bond donors (Lipinski definition) is 2. The summed E-state index contributed by atoms with van der Waals surface area (Å²) < 4.78 is 10.5. The van der Waals surface area contributed by atoms with Crippen LogP contribution in [0.3, 0.4) is 0 Å². The Kier molecular flexibility index (Phi) is 9.09. The highest BCUT2D eigenvalue weighted by Crippen LogP contribution is 2.23. The fourth-order valence-corrected chi connectivity index (χ4v) is 2.38. The lowest BCUT2D eigenvalue weighted by Gasteiger charge is -2.10. The molecule has 122 valence electrons. The Morgan fingerprint density at radius 1 is 1.45 bits per heavy atom. The van der Waals surface area contributed by atoms with E-state index in [2.05, 4.69) is 20.6 Å². The van der Waals surface area contributed by atoms with Gasteiger partial charge in [-0.25, -0.2) is 4.98 Å². The van der Waals surface area contributed by atoms with Crippen molar-refractivity contribution < 1.29 is 9.15 Å². The predicted octanol–water partition coefficient (Wildman–Crippen LogP) is 2.72. The third kappa shape index (κ3) is 5.93. The Labute approximate surface area is 151 Å². The fourth-order valence-electron chi connectivity index (χ4n) is 1.72. The van der Waals surface area contributed by atoms with Crippen molar-refractivity contribution in [1.82, 2.24) is 15.6 Å². The highest BCUT2D eigenvalue weighted by molar-refractivity contribution is 14.0. The molecular weight excluding hydrogens is 415 g/mol. The molecule has 2 aromatic heterocycles. The number of ether oxygens (including phenoxy) is 1. The third-order valence-corrected chi connectivity index (χ3v) is 3.62. The van der Waals surface area contributed by atoms with Gasteiger partial charge in [0.05, 0.1) is 17.1 Å². The van der Waals surface area contributed by atoms with Gasteiger partial charge in [0.2, 0.25) is 5.89 Å². The fraction of sp³-hybridized carbons (Fsp3) is 0.429. The van der Waals surface area contributed by atoms with Crippen molar-refractivity contribution in [3.8, 4) is 10.8 Å². The van der Waals surface area contributed by atoms with E-state index < -0.39 is 0 Å². The zero-order valence-electron chi connectivity index (χ0n) is 12.7. The van der Waals surface area contributed by atoms with Crippen LogP contribution in [0.15, 0.2) is 33.2 Å². The first-order chi connectivity index (χ1) is 10.3. The van der Waals surface area contributed by atoms with Crippen molar-refractivity contribution in [3.05, 3.63) is 29.5 Å². The first-order valence-electron chi connectivity index (χ1n) is 6.75. The van der Waals surface area contributed by atoms with E-state index in [1.807, 2.05) is 17.5 Å². The van der Waals surface area contributed by atoms with Crippen LogP contribution < -0.4 is 10.6 Å². The van der Waals surface area contributed by atoms with Gasteiger partial charge in [-0.2, -0.15) is 0 Å². The molecule has 22 heavy (non-hydrogen) atoms. The Bertz CT molecular complexity index is 557. The summed E-state index contributed by atoms with van der Waals surface area (Å²) in [6, 6.07) is 3.97. The minimum absolute atomic E-state index is 0. The smallest absolute Gasteiger partial charge is 0.236 e. The molecule has 2 rings (SSSR count). The van der Waals surface area contributed by atoms with Crippen molar-refractivity contribution in [3.63, 3.8) is 0 Å². The molecule has 0 amide bonds. The zero-order valence-corrected chi connectivity index (χ0v) is 15.8. The Morgan fingerprint density at radius 2 is 2.32 bits per heavy atom. The number of halogens is 1. The normalized spacial score (nSPS) is 11.1. The molecular formula is C14H21IN4O2S. The number of oxazole rings is 1. The number of aliphatic imine (C=N–C) groups is 1. The van der Waals surface area contributed by atoms with Gasteiger partial charge in [0, 0.05) is 27.3 Å². The Hall–Kier alpha value is -1.13. The molecule has 0 atom stereocenters. The first kappa shape index (κ1) is 18.9. The molecule has 2 aromatic rings. The van der Waals surface area contributed by atoms with Crippen LogP contribution in [-0.2, 0) is 11.3 Å². The van der Waals surface area contributed by atoms with E-state index in [-0.39, 0.29) is 24.0 Å². The summed E-state index contributed by atoms with van der Waals surface area (Å²) in [5.41, 5.74) is 0.846. The van der Waals surface area contributed by atoms with Crippen molar-refractivity contribution in [2.24, 2.45) is 4.99 Å². The standard InChI is InChI=1S/C14H20N4O2S.HI/c1-15-14(16-6-4-7-19-2)17-9-11-10-20-13(18-11)12-5-3-8-21-12;/h3,5,8,10H,4,6-7,9H2,1-2H3,(H2,15,16,17);1H. The molecule has 0 fully saturated rings. The van der Waals surface area contributed by atoms with Crippen LogP contribution in [0.25, 0.3) is 10.8 Å². The van der Waals surface area contributed by atoms with Gasteiger partial charge in [-0.1, -0.05) is 6.07 Å². The van der Waals surface area contributed by atoms with E-state index in [4.69, 9.17) is 9.15 Å². The number of nitrogens with zero attached hydrogens (tertiary/aromatic N) is 2. The summed E-state index contributed by atoms with van der Waals surface area (Å²) in [4.78, 5) is 9.63. The maximum absolute atomic E-state index is 5.47. The second-order valence-corrected chi connectivity index (χ2v) is 5.27. The van der Waals surface area contributed by atoms with Gasteiger partial charge in [0.25, 0.3) is 0 Å². The summed E-state index contributed by atoms with van der Waals surface area (Å²) in [7, 11) is 3.44. The summed E-state index contributed by atoms with van der Waals surface area (Å²) >= 11 is 1.61. The maximum Gasteiger partial charge on any atom is 0.236 e. The van der Waals surface area contributed by atoms with Gasteiger partial charge < -0.3 is 19.8 Å². The molecule has 0 saturated heterocycles. The van der Waals surface area contributed by atoms with E-state index in [1.54, 1.807) is 31.8 Å². The largest absolute Gasteiger partial charge is 0.443 e. The average Bonchev–Trinajstić information content (AvgIpc) is 3.17. The maximum atomic E-state index is 5.47. The number of methoxy groups -OCH3 is 1. The van der Waals surface area contributed by atoms with Crippen LogP contribution in [0, 0.1) is 0 Å². The van der Waals surface area contributed by atoms with E-state index in [0.29, 0.717) is 12.4 Å². The topological polar surface area (TPSA) is 71.7 Å². The second kappa shape index (κ2) is 10.6. The Morgan fingerprint density at radius 3 is 3.00 bits per heavy atom.